The Kier molecular flexibility index (Phi) is 6.61. The Morgan fingerprint density at radius 3 is 2.69 bits per heavy atom. The summed E-state index contributed by atoms with van der Waals surface area (Å²) in [4.78, 5) is 6.80. The Balaban J connectivity index is 0.00000243. The lowest BCUT2D eigenvalue weighted by atomic mass is 9.56. The van der Waals surface area contributed by atoms with Gasteiger partial charge in [-0.3, -0.25) is 9.67 Å². The van der Waals surface area contributed by atoms with E-state index in [1.807, 2.05) is 31.2 Å². The van der Waals surface area contributed by atoms with Crippen LogP contribution >= 0.6 is 24.0 Å². The van der Waals surface area contributed by atoms with Crippen LogP contribution in [-0.2, 0) is 16.5 Å². The largest absolute Gasteiger partial charge is 0.378 e. The molecule has 2 heterocycles. The Bertz CT molecular complexity index is 647. The minimum absolute atomic E-state index is 0. The summed E-state index contributed by atoms with van der Waals surface area (Å²) < 4.78 is 13.5. The van der Waals surface area contributed by atoms with Gasteiger partial charge in [0.1, 0.15) is 6.10 Å². The molecular weight excluding hydrogens is 445 g/mol. The summed E-state index contributed by atoms with van der Waals surface area (Å²) in [6, 6.07) is 0.343. The van der Waals surface area contributed by atoms with E-state index in [9.17, 15) is 0 Å². The van der Waals surface area contributed by atoms with Crippen LogP contribution in [0.1, 0.15) is 38.9 Å². The molecule has 3 rings (SSSR count). The average molecular weight is 477 g/mol. The number of nitrogens with one attached hydrogen (secondary N) is 1. The van der Waals surface area contributed by atoms with E-state index >= 15 is 0 Å². The molecule has 1 saturated heterocycles. The predicted octanol–water partition coefficient (Wildman–Crippen LogP) is 2.19. The fourth-order valence-electron chi connectivity index (χ4n) is 3.83. The normalized spacial score (nSPS) is 31.2. The maximum Gasteiger partial charge on any atom is 0.194 e. The first-order valence-electron chi connectivity index (χ1n) is 8.94. The molecule has 1 aliphatic carbocycles. The van der Waals surface area contributed by atoms with Gasteiger partial charge in [0, 0.05) is 51.0 Å². The summed E-state index contributed by atoms with van der Waals surface area (Å²) in [5.74, 6) is 0.938. The zero-order chi connectivity index (χ0) is 18.2. The van der Waals surface area contributed by atoms with Crippen molar-refractivity contribution in [1.82, 2.24) is 20.0 Å². The standard InChI is InChI=1S/C18H31N5O2.HI/c1-17(2)15(9-18(17,3)24-6)21-16(19-4)23-7-8-25-14(12-23)13-10-20-22(5)11-13;/h10-11,14-15H,7-9,12H2,1-6H3,(H,19,21);1H. The van der Waals surface area contributed by atoms with Crippen LogP contribution in [0.3, 0.4) is 0 Å². The molecule has 1 aromatic rings. The molecule has 8 heteroatoms. The molecule has 0 spiro atoms. The lowest BCUT2D eigenvalue weighted by Crippen LogP contribution is -2.70. The number of ether oxygens (including phenoxy) is 2. The van der Waals surface area contributed by atoms with Gasteiger partial charge in [0.25, 0.3) is 0 Å². The summed E-state index contributed by atoms with van der Waals surface area (Å²) >= 11 is 0. The highest BCUT2D eigenvalue weighted by atomic mass is 127. The number of methoxy groups -OCH3 is 1. The van der Waals surface area contributed by atoms with Gasteiger partial charge in [-0.05, 0) is 13.3 Å². The maximum atomic E-state index is 5.94. The Labute approximate surface area is 173 Å². The van der Waals surface area contributed by atoms with Crippen molar-refractivity contribution in [3.63, 3.8) is 0 Å². The smallest absolute Gasteiger partial charge is 0.194 e. The summed E-state index contributed by atoms with van der Waals surface area (Å²) in [6.07, 6.45) is 4.90. The van der Waals surface area contributed by atoms with E-state index in [1.54, 1.807) is 7.11 Å². The summed E-state index contributed by atoms with van der Waals surface area (Å²) in [7, 11) is 5.57. The van der Waals surface area contributed by atoms with Gasteiger partial charge in [0.2, 0.25) is 0 Å². The molecule has 1 aliphatic heterocycles. The van der Waals surface area contributed by atoms with E-state index < -0.39 is 0 Å². The van der Waals surface area contributed by atoms with Crippen LogP contribution in [0.4, 0.5) is 0 Å². The third-order valence-electron chi connectivity index (χ3n) is 6.26. The van der Waals surface area contributed by atoms with E-state index in [0.29, 0.717) is 12.6 Å². The fourth-order valence-corrected chi connectivity index (χ4v) is 3.83. The van der Waals surface area contributed by atoms with E-state index in [0.717, 1.165) is 31.0 Å². The highest BCUT2D eigenvalue weighted by Crippen LogP contribution is 2.51. The van der Waals surface area contributed by atoms with Crippen LogP contribution < -0.4 is 5.32 Å². The third kappa shape index (κ3) is 3.73. The highest BCUT2D eigenvalue weighted by Gasteiger charge is 2.58. The molecule has 26 heavy (non-hydrogen) atoms. The highest BCUT2D eigenvalue weighted by molar-refractivity contribution is 14.0. The van der Waals surface area contributed by atoms with Gasteiger partial charge >= 0.3 is 0 Å². The molecule has 2 fully saturated rings. The molecule has 3 atom stereocenters. The van der Waals surface area contributed by atoms with Crippen LogP contribution in [0.5, 0.6) is 0 Å². The van der Waals surface area contributed by atoms with Crippen molar-refractivity contribution >= 4 is 29.9 Å². The lowest BCUT2D eigenvalue weighted by Gasteiger charge is -2.59. The quantitative estimate of drug-likeness (QED) is 0.411. The molecule has 1 N–H and O–H groups in total. The second kappa shape index (κ2) is 8.02. The van der Waals surface area contributed by atoms with E-state index in [-0.39, 0.29) is 41.1 Å². The number of aromatic nitrogens is 2. The Hall–Kier alpha value is -0.870. The van der Waals surface area contributed by atoms with Crippen molar-refractivity contribution in [3.05, 3.63) is 18.0 Å². The number of aliphatic imine (C=N–C) groups is 1. The van der Waals surface area contributed by atoms with Crippen LogP contribution in [0.25, 0.3) is 0 Å². The van der Waals surface area contributed by atoms with Crippen molar-refractivity contribution in [2.75, 3.05) is 33.9 Å². The zero-order valence-corrected chi connectivity index (χ0v) is 19.0. The summed E-state index contributed by atoms with van der Waals surface area (Å²) in [5.41, 5.74) is 1.07. The van der Waals surface area contributed by atoms with Crippen molar-refractivity contribution in [2.45, 2.75) is 44.9 Å². The molecule has 1 saturated carbocycles. The minimum Gasteiger partial charge on any atom is -0.378 e. The lowest BCUT2D eigenvalue weighted by molar-refractivity contribution is -0.177. The predicted molar refractivity (Wildman–Crippen MR) is 113 cm³/mol. The fraction of sp³-hybridized carbons (Fsp3) is 0.778. The molecule has 3 unspecified atom stereocenters. The number of hydrogen-bond acceptors (Lipinski definition) is 4. The van der Waals surface area contributed by atoms with Crippen LogP contribution in [0.15, 0.2) is 17.4 Å². The number of nitrogens with zero attached hydrogens (tertiary/aromatic N) is 4. The van der Waals surface area contributed by atoms with Crippen molar-refractivity contribution < 1.29 is 9.47 Å². The van der Waals surface area contributed by atoms with E-state index in [1.165, 1.54) is 0 Å². The summed E-state index contributed by atoms with van der Waals surface area (Å²) in [5, 5.41) is 7.90. The van der Waals surface area contributed by atoms with Crippen molar-refractivity contribution in [2.24, 2.45) is 17.5 Å². The first-order valence-corrected chi connectivity index (χ1v) is 8.94. The molecular formula is C18H32IN5O2. The van der Waals surface area contributed by atoms with Crippen LogP contribution in [0, 0.1) is 5.41 Å². The van der Waals surface area contributed by atoms with Gasteiger partial charge in [0.05, 0.1) is 24.9 Å². The van der Waals surface area contributed by atoms with Gasteiger partial charge in [-0.1, -0.05) is 13.8 Å². The average Bonchev–Trinajstić information content (AvgIpc) is 3.04. The van der Waals surface area contributed by atoms with Crippen LogP contribution in [0.2, 0.25) is 0 Å². The number of rotatable bonds is 3. The number of guanidine groups is 1. The maximum absolute atomic E-state index is 5.94. The molecule has 0 bridgehead atoms. The van der Waals surface area contributed by atoms with Crippen molar-refractivity contribution in [1.29, 1.82) is 0 Å². The Morgan fingerprint density at radius 1 is 1.42 bits per heavy atom. The summed E-state index contributed by atoms with van der Waals surface area (Å²) in [6.45, 7) is 8.99. The second-order valence-electron chi connectivity index (χ2n) is 7.86. The van der Waals surface area contributed by atoms with Gasteiger partial charge in [0.15, 0.2) is 5.96 Å². The van der Waals surface area contributed by atoms with Gasteiger partial charge in [-0.2, -0.15) is 5.10 Å². The molecule has 2 aliphatic rings. The molecule has 0 aromatic carbocycles. The van der Waals surface area contributed by atoms with Crippen molar-refractivity contribution in [3.8, 4) is 0 Å². The monoisotopic (exact) mass is 477 g/mol. The Morgan fingerprint density at radius 2 is 2.15 bits per heavy atom. The first-order chi connectivity index (χ1) is 11.8. The molecule has 0 amide bonds. The molecule has 148 valence electrons. The zero-order valence-electron chi connectivity index (χ0n) is 16.7. The third-order valence-corrected chi connectivity index (χ3v) is 6.26. The number of aryl methyl sites for hydroxylation is 1. The van der Waals surface area contributed by atoms with Gasteiger partial charge < -0.3 is 19.7 Å². The van der Waals surface area contributed by atoms with Crippen LogP contribution in [-0.4, -0.2) is 66.1 Å². The topological polar surface area (TPSA) is 63.9 Å². The minimum atomic E-state index is -0.0905. The SMILES string of the molecule is CN=C(NC1CC(C)(OC)C1(C)C)N1CCOC(c2cnn(C)c2)C1.I. The molecule has 7 nitrogen and oxygen atoms in total. The van der Waals surface area contributed by atoms with E-state index in [4.69, 9.17) is 9.47 Å². The molecule has 1 aromatic heterocycles. The van der Waals surface area contributed by atoms with E-state index in [2.05, 4.69) is 41.1 Å². The number of morpholine rings is 1. The number of hydrogen-bond donors (Lipinski definition) is 1. The van der Waals surface area contributed by atoms with Gasteiger partial charge in [-0.25, -0.2) is 0 Å². The first kappa shape index (κ1) is 21.4. The molecule has 0 radical (unpaired) electrons. The number of halogens is 1. The second-order valence-corrected chi connectivity index (χ2v) is 7.86. The van der Waals surface area contributed by atoms with Gasteiger partial charge in [-0.15, -0.1) is 24.0 Å².